The van der Waals surface area contributed by atoms with Crippen LogP contribution in [0.5, 0.6) is 0 Å². The molecular formula is C17H23N5OS. The maximum absolute atomic E-state index is 11.7. The van der Waals surface area contributed by atoms with Gasteiger partial charge in [-0.05, 0) is 44.7 Å². The van der Waals surface area contributed by atoms with E-state index in [0.29, 0.717) is 11.7 Å². The van der Waals surface area contributed by atoms with E-state index in [4.69, 9.17) is 4.98 Å². The van der Waals surface area contributed by atoms with Gasteiger partial charge in [0.2, 0.25) is 0 Å². The van der Waals surface area contributed by atoms with Gasteiger partial charge in [-0.1, -0.05) is 0 Å². The molecule has 0 aromatic carbocycles. The van der Waals surface area contributed by atoms with Crippen molar-refractivity contribution in [2.45, 2.75) is 44.7 Å². The van der Waals surface area contributed by atoms with Gasteiger partial charge < -0.3 is 5.32 Å². The molecule has 1 saturated heterocycles. The fourth-order valence-corrected chi connectivity index (χ4v) is 4.88. The quantitative estimate of drug-likeness (QED) is 0.921. The first-order chi connectivity index (χ1) is 11.7. The molecule has 1 amide bonds. The molecule has 0 spiro atoms. The summed E-state index contributed by atoms with van der Waals surface area (Å²) in [4.78, 5) is 20.5. The number of likely N-dealkylation sites (tertiary alicyclic amines) is 1. The van der Waals surface area contributed by atoms with E-state index in [1.165, 1.54) is 28.4 Å². The highest BCUT2D eigenvalue weighted by atomic mass is 32.1. The topological polar surface area (TPSA) is 63.1 Å². The second kappa shape index (κ2) is 6.64. The summed E-state index contributed by atoms with van der Waals surface area (Å²) in [5.41, 5.74) is 1.83. The van der Waals surface area contributed by atoms with Crippen LogP contribution in [-0.4, -0.2) is 45.7 Å². The molecular weight excluding hydrogens is 322 g/mol. The van der Waals surface area contributed by atoms with Crippen molar-refractivity contribution in [2.24, 2.45) is 0 Å². The molecule has 7 heteroatoms. The third-order valence-corrected chi connectivity index (χ3v) is 6.06. The summed E-state index contributed by atoms with van der Waals surface area (Å²) in [7, 11) is 1.63. The zero-order valence-corrected chi connectivity index (χ0v) is 14.8. The molecule has 2 aromatic rings. The highest BCUT2D eigenvalue weighted by Crippen LogP contribution is 2.29. The van der Waals surface area contributed by atoms with E-state index < -0.39 is 0 Å². The molecule has 1 fully saturated rings. The number of carbonyl (C=O) groups excluding carboxylic acids is 1. The number of piperidine rings is 1. The van der Waals surface area contributed by atoms with Gasteiger partial charge in [-0.15, -0.1) is 11.3 Å². The van der Waals surface area contributed by atoms with E-state index in [-0.39, 0.29) is 5.91 Å². The van der Waals surface area contributed by atoms with Crippen LogP contribution in [0.2, 0.25) is 0 Å². The number of nitrogens with zero attached hydrogens (tertiary/aromatic N) is 4. The van der Waals surface area contributed by atoms with Crippen LogP contribution in [0, 0.1) is 0 Å². The molecule has 0 unspecified atom stereocenters. The highest BCUT2D eigenvalue weighted by Gasteiger charge is 2.24. The number of hydrogen-bond donors (Lipinski definition) is 1. The maximum atomic E-state index is 11.7. The van der Waals surface area contributed by atoms with Crippen LogP contribution >= 0.6 is 11.3 Å². The lowest BCUT2D eigenvalue weighted by atomic mass is 10.1. The molecule has 1 N–H and O–H groups in total. The van der Waals surface area contributed by atoms with Crippen LogP contribution in [-0.2, 0) is 19.4 Å². The Morgan fingerprint density at radius 3 is 3.17 bits per heavy atom. The summed E-state index contributed by atoms with van der Waals surface area (Å²) in [6.45, 7) is 3.03. The minimum Gasteiger partial charge on any atom is -0.354 e. The highest BCUT2D eigenvalue weighted by molar-refractivity contribution is 7.11. The van der Waals surface area contributed by atoms with Crippen molar-refractivity contribution in [3.05, 3.63) is 33.5 Å². The molecule has 1 atom stereocenters. The van der Waals surface area contributed by atoms with Crippen LogP contribution in [0.1, 0.15) is 51.4 Å². The van der Waals surface area contributed by atoms with Crippen LogP contribution in [0.4, 0.5) is 0 Å². The van der Waals surface area contributed by atoms with Crippen molar-refractivity contribution in [2.75, 3.05) is 20.1 Å². The van der Waals surface area contributed by atoms with Crippen molar-refractivity contribution in [3.8, 4) is 0 Å². The fraction of sp³-hybridized carbons (Fsp3) is 0.588. The number of aryl methyl sites for hydroxylation is 2. The van der Waals surface area contributed by atoms with Gasteiger partial charge in [-0.3, -0.25) is 14.4 Å². The van der Waals surface area contributed by atoms with E-state index >= 15 is 0 Å². The zero-order valence-electron chi connectivity index (χ0n) is 14.0. The van der Waals surface area contributed by atoms with E-state index in [1.54, 1.807) is 13.1 Å². The molecule has 3 heterocycles. The minimum absolute atomic E-state index is 0.126. The lowest BCUT2D eigenvalue weighted by Crippen LogP contribution is -2.36. The average molecular weight is 345 g/mol. The predicted molar refractivity (Wildman–Crippen MR) is 93.3 cm³/mol. The first-order valence-corrected chi connectivity index (χ1v) is 9.51. The van der Waals surface area contributed by atoms with Crippen LogP contribution in [0.25, 0.3) is 0 Å². The number of rotatable bonds is 4. The molecule has 1 aliphatic carbocycles. The Hall–Kier alpha value is -1.73. The van der Waals surface area contributed by atoms with Gasteiger partial charge >= 0.3 is 0 Å². The maximum Gasteiger partial charge on any atom is 0.271 e. The van der Waals surface area contributed by atoms with Gasteiger partial charge in [0, 0.05) is 24.7 Å². The summed E-state index contributed by atoms with van der Waals surface area (Å²) >= 11 is 1.90. The number of amides is 1. The van der Waals surface area contributed by atoms with E-state index in [9.17, 15) is 4.79 Å². The van der Waals surface area contributed by atoms with Crippen LogP contribution in [0.15, 0.2) is 12.3 Å². The average Bonchev–Trinajstić information content (AvgIpc) is 3.30. The normalized spacial score (nSPS) is 21.0. The lowest BCUT2D eigenvalue weighted by Gasteiger charge is -2.32. The van der Waals surface area contributed by atoms with Crippen LogP contribution < -0.4 is 5.32 Å². The number of carbonyl (C=O) groups is 1. The standard InChI is InChI=1S/C17H23N5OS/c1-18-17(23)14-7-9-22(20-14)12-4-3-8-21(10-12)11-16-19-13-5-2-6-15(13)24-16/h7,9,12H,2-6,8,10-11H2,1H3,(H,18,23)/t12-/m0/s1. The Morgan fingerprint density at radius 2 is 2.33 bits per heavy atom. The largest absolute Gasteiger partial charge is 0.354 e. The number of aromatic nitrogens is 3. The van der Waals surface area contributed by atoms with Gasteiger partial charge in [-0.2, -0.15) is 5.10 Å². The van der Waals surface area contributed by atoms with Gasteiger partial charge in [0.15, 0.2) is 0 Å². The zero-order chi connectivity index (χ0) is 16.5. The third-order valence-electron chi connectivity index (χ3n) is 4.92. The smallest absolute Gasteiger partial charge is 0.271 e. The van der Waals surface area contributed by atoms with Crippen LogP contribution in [0.3, 0.4) is 0 Å². The second-order valence-electron chi connectivity index (χ2n) is 6.62. The summed E-state index contributed by atoms with van der Waals surface area (Å²) < 4.78 is 1.96. The number of thiazole rings is 1. The molecule has 128 valence electrons. The van der Waals surface area contributed by atoms with Gasteiger partial charge in [0.1, 0.15) is 10.7 Å². The van der Waals surface area contributed by atoms with Crippen molar-refractivity contribution >= 4 is 17.2 Å². The Labute approximate surface area is 145 Å². The Kier molecular flexibility index (Phi) is 4.37. The number of nitrogens with one attached hydrogen (secondary N) is 1. The SMILES string of the molecule is CNC(=O)c1ccn([C@H]2CCCN(Cc3nc4c(s3)CCC4)C2)n1. The predicted octanol–water partition coefficient (Wildman–Crippen LogP) is 2.02. The molecule has 2 aromatic heterocycles. The van der Waals surface area contributed by atoms with Crippen molar-refractivity contribution < 1.29 is 4.79 Å². The first-order valence-electron chi connectivity index (χ1n) is 8.70. The number of hydrogen-bond acceptors (Lipinski definition) is 5. The summed E-state index contributed by atoms with van der Waals surface area (Å²) in [5.74, 6) is -0.126. The molecule has 24 heavy (non-hydrogen) atoms. The summed E-state index contributed by atoms with van der Waals surface area (Å²) in [5, 5.41) is 8.33. The molecule has 4 rings (SSSR count). The van der Waals surface area contributed by atoms with Crippen molar-refractivity contribution in [1.29, 1.82) is 0 Å². The molecule has 6 nitrogen and oxygen atoms in total. The third kappa shape index (κ3) is 3.10. The van der Waals surface area contributed by atoms with Gasteiger partial charge in [0.25, 0.3) is 5.91 Å². The molecule has 0 bridgehead atoms. The lowest BCUT2D eigenvalue weighted by molar-refractivity contribution is 0.0955. The summed E-state index contributed by atoms with van der Waals surface area (Å²) in [6, 6.07) is 2.13. The van der Waals surface area contributed by atoms with Gasteiger partial charge in [0.05, 0.1) is 18.3 Å². The molecule has 0 saturated carbocycles. The molecule has 2 aliphatic rings. The first kappa shape index (κ1) is 15.8. The van der Waals surface area contributed by atoms with E-state index in [1.807, 2.05) is 22.2 Å². The molecule has 1 aliphatic heterocycles. The molecule has 0 radical (unpaired) electrons. The van der Waals surface area contributed by atoms with Gasteiger partial charge in [-0.25, -0.2) is 4.98 Å². The van der Waals surface area contributed by atoms with Crippen molar-refractivity contribution in [1.82, 2.24) is 25.0 Å². The van der Waals surface area contributed by atoms with E-state index in [0.717, 1.165) is 38.9 Å². The van der Waals surface area contributed by atoms with Crippen molar-refractivity contribution in [3.63, 3.8) is 0 Å². The Balaban J connectivity index is 1.41. The monoisotopic (exact) mass is 345 g/mol. The fourth-order valence-electron chi connectivity index (χ4n) is 3.68. The number of fused-ring (bicyclic) bond motifs is 1. The Bertz CT molecular complexity index is 716. The Morgan fingerprint density at radius 1 is 1.42 bits per heavy atom. The minimum atomic E-state index is -0.126. The second-order valence-corrected chi connectivity index (χ2v) is 7.79. The van der Waals surface area contributed by atoms with E-state index in [2.05, 4.69) is 15.3 Å². The summed E-state index contributed by atoms with van der Waals surface area (Å²) in [6.07, 6.45) is 7.84.